The van der Waals surface area contributed by atoms with E-state index in [-0.39, 0.29) is 12.1 Å². The number of unbranched alkanes of at least 4 members (excludes halogenated alkanes) is 1. The first-order chi connectivity index (χ1) is 9.49. The van der Waals surface area contributed by atoms with E-state index in [1.165, 1.54) is 51.7 Å². The molecule has 1 saturated carbocycles. The minimum Gasteiger partial charge on any atom is -0.394 e. The van der Waals surface area contributed by atoms with Crippen LogP contribution >= 0.6 is 0 Å². The van der Waals surface area contributed by atoms with E-state index in [1.54, 1.807) is 0 Å². The zero-order valence-corrected chi connectivity index (χ0v) is 14.1. The lowest BCUT2D eigenvalue weighted by Crippen LogP contribution is -2.49. The van der Waals surface area contributed by atoms with Gasteiger partial charge in [0.1, 0.15) is 0 Å². The first-order valence-corrected chi connectivity index (χ1v) is 8.60. The molecule has 3 heteroatoms. The number of rotatable bonds is 12. The third kappa shape index (κ3) is 7.61. The summed E-state index contributed by atoms with van der Waals surface area (Å²) in [7, 11) is 0. The molecule has 0 radical (unpaired) electrons. The van der Waals surface area contributed by atoms with Gasteiger partial charge in [-0.15, -0.1) is 0 Å². The fraction of sp³-hybridized carbons (Fsp3) is 1.00. The fourth-order valence-electron chi connectivity index (χ4n) is 3.02. The third-order valence-corrected chi connectivity index (χ3v) is 4.19. The van der Waals surface area contributed by atoms with E-state index in [0.29, 0.717) is 6.04 Å². The van der Waals surface area contributed by atoms with Gasteiger partial charge >= 0.3 is 0 Å². The number of aliphatic hydroxyl groups excluding tert-OH is 1. The van der Waals surface area contributed by atoms with Crippen LogP contribution < -0.4 is 5.32 Å². The summed E-state index contributed by atoms with van der Waals surface area (Å²) in [4.78, 5) is 2.64. The number of nitrogens with zero attached hydrogens (tertiary/aromatic N) is 1. The summed E-state index contributed by atoms with van der Waals surface area (Å²) in [5.74, 6) is 0.992. The average molecular weight is 284 g/mol. The van der Waals surface area contributed by atoms with Gasteiger partial charge in [-0.1, -0.05) is 27.2 Å². The quantitative estimate of drug-likeness (QED) is 0.541. The molecule has 120 valence electrons. The average Bonchev–Trinajstić information content (AvgIpc) is 3.18. The fourth-order valence-corrected chi connectivity index (χ4v) is 3.02. The molecule has 0 spiro atoms. The predicted molar refractivity (Wildman–Crippen MR) is 87.1 cm³/mol. The van der Waals surface area contributed by atoms with Gasteiger partial charge in [0.25, 0.3) is 0 Å². The number of hydrogen-bond acceptors (Lipinski definition) is 3. The van der Waals surface area contributed by atoms with Crippen molar-refractivity contribution in [3.05, 3.63) is 0 Å². The molecule has 20 heavy (non-hydrogen) atoms. The van der Waals surface area contributed by atoms with E-state index in [1.807, 2.05) is 0 Å². The summed E-state index contributed by atoms with van der Waals surface area (Å²) in [5.41, 5.74) is -0.111. The topological polar surface area (TPSA) is 35.5 Å². The molecule has 1 aliphatic carbocycles. The van der Waals surface area contributed by atoms with Crippen molar-refractivity contribution in [2.45, 2.75) is 77.8 Å². The lowest BCUT2D eigenvalue weighted by molar-refractivity contribution is 0.151. The van der Waals surface area contributed by atoms with Crippen molar-refractivity contribution in [2.75, 3.05) is 26.2 Å². The van der Waals surface area contributed by atoms with Crippen molar-refractivity contribution in [1.82, 2.24) is 10.2 Å². The molecule has 0 aromatic carbocycles. The van der Waals surface area contributed by atoms with E-state index in [2.05, 4.69) is 37.9 Å². The first-order valence-electron chi connectivity index (χ1n) is 8.60. The summed E-state index contributed by atoms with van der Waals surface area (Å²) < 4.78 is 0. The van der Waals surface area contributed by atoms with Crippen LogP contribution in [-0.2, 0) is 0 Å². The predicted octanol–water partition coefficient (Wildman–Crippen LogP) is 3.03. The summed E-state index contributed by atoms with van der Waals surface area (Å²) in [6.45, 7) is 12.7. The molecule has 1 unspecified atom stereocenters. The normalized spacial score (nSPS) is 18.8. The Hall–Kier alpha value is -0.120. The molecular formula is C17H36N2O. The van der Waals surface area contributed by atoms with Crippen molar-refractivity contribution in [3.8, 4) is 0 Å². The zero-order chi connectivity index (χ0) is 15.0. The summed E-state index contributed by atoms with van der Waals surface area (Å²) >= 11 is 0. The third-order valence-electron chi connectivity index (χ3n) is 4.19. The van der Waals surface area contributed by atoms with Crippen LogP contribution in [0, 0.1) is 5.92 Å². The Morgan fingerprint density at radius 1 is 1.25 bits per heavy atom. The second-order valence-corrected chi connectivity index (χ2v) is 7.22. The van der Waals surface area contributed by atoms with Gasteiger partial charge in [-0.05, 0) is 58.0 Å². The van der Waals surface area contributed by atoms with Crippen LogP contribution in [0.3, 0.4) is 0 Å². The van der Waals surface area contributed by atoms with Gasteiger partial charge in [0.2, 0.25) is 0 Å². The van der Waals surface area contributed by atoms with Gasteiger partial charge in [0.05, 0.1) is 6.61 Å². The standard InChI is InChI=1S/C17H36N2O/c1-5-11-19(13-16-8-9-16)12-7-6-10-17(4,14-20)18-15(2)3/h15-16,18,20H,5-14H2,1-4H3. The highest BCUT2D eigenvalue weighted by atomic mass is 16.3. The van der Waals surface area contributed by atoms with Gasteiger partial charge in [0, 0.05) is 18.1 Å². The Labute approximate surface area is 126 Å². The van der Waals surface area contributed by atoms with Crippen LogP contribution in [0.25, 0.3) is 0 Å². The van der Waals surface area contributed by atoms with Crippen molar-refractivity contribution < 1.29 is 5.11 Å². The number of nitrogens with one attached hydrogen (secondary N) is 1. The maximum atomic E-state index is 9.58. The summed E-state index contributed by atoms with van der Waals surface area (Å²) in [6.07, 6.45) is 7.66. The second-order valence-electron chi connectivity index (χ2n) is 7.22. The van der Waals surface area contributed by atoms with Crippen molar-refractivity contribution in [2.24, 2.45) is 5.92 Å². The highest BCUT2D eigenvalue weighted by Crippen LogP contribution is 2.29. The Balaban J connectivity index is 2.19. The summed E-state index contributed by atoms with van der Waals surface area (Å²) in [5, 5.41) is 13.1. The van der Waals surface area contributed by atoms with E-state index in [0.717, 1.165) is 12.3 Å². The smallest absolute Gasteiger partial charge is 0.0610 e. The van der Waals surface area contributed by atoms with Crippen LogP contribution in [0.1, 0.15) is 66.2 Å². The molecule has 0 heterocycles. The maximum absolute atomic E-state index is 9.58. The van der Waals surface area contributed by atoms with E-state index in [4.69, 9.17) is 0 Å². The molecule has 1 atom stereocenters. The van der Waals surface area contributed by atoms with Crippen molar-refractivity contribution in [3.63, 3.8) is 0 Å². The minimum atomic E-state index is -0.111. The number of hydrogen-bond donors (Lipinski definition) is 2. The monoisotopic (exact) mass is 284 g/mol. The SMILES string of the molecule is CCCN(CCCCC(C)(CO)NC(C)C)CC1CC1. The Morgan fingerprint density at radius 3 is 2.45 bits per heavy atom. The molecule has 1 aliphatic rings. The molecule has 1 rings (SSSR count). The molecule has 1 fully saturated rings. The zero-order valence-electron chi connectivity index (χ0n) is 14.1. The van der Waals surface area contributed by atoms with Gasteiger partial charge in [-0.3, -0.25) is 0 Å². The van der Waals surface area contributed by atoms with Crippen molar-refractivity contribution >= 4 is 0 Å². The van der Waals surface area contributed by atoms with Gasteiger partial charge < -0.3 is 15.3 Å². The largest absolute Gasteiger partial charge is 0.394 e. The minimum absolute atomic E-state index is 0.111. The van der Waals surface area contributed by atoms with E-state index in [9.17, 15) is 5.11 Å². The maximum Gasteiger partial charge on any atom is 0.0610 e. The van der Waals surface area contributed by atoms with Gasteiger partial charge in [-0.2, -0.15) is 0 Å². The van der Waals surface area contributed by atoms with Crippen LogP contribution in [0.2, 0.25) is 0 Å². The molecule has 0 amide bonds. The van der Waals surface area contributed by atoms with E-state index >= 15 is 0 Å². The van der Waals surface area contributed by atoms with Crippen LogP contribution in [0.5, 0.6) is 0 Å². The van der Waals surface area contributed by atoms with Crippen LogP contribution in [0.15, 0.2) is 0 Å². The lowest BCUT2D eigenvalue weighted by atomic mass is 9.94. The highest BCUT2D eigenvalue weighted by Gasteiger charge is 2.25. The molecule has 3 nitrogen and oxygen atoms in total. The molecule has 0 saturated heterocycles. The van der Waals surface area contributed by atoms with Crippen LogP contribution in [-0.4, -0.2) is 47.8 Å². The molecule has 0 aromatic rings. The molecular weight excluding hydrogens is 248 g/mol. The van der Waals surface area contributed by atoms with E-state index < -0.39 is 0 Å². The Bertz CT molecular complexity index is 253. The van der Waals surface area contributed by atoms with Crippen molar-refractivity contribution in [1.29, 1.82) is 0 Å². The van der Waals surface area contributed by atoms with Crippen LogP contribution in [0.4, 0.5) is 0 Å². The molecule has 2 N–H and O–H groups in total. The number of aliphatic hydroxyl groups is 1. The Kier molecular flexibility index (Phi) is 8.08. The lowest BCUT2D eigenvalue weighted by Gasteiger charge is -2.31. The first kappa shape index (κ1) is 17.9. The Morgan fingerprint density at radius 2 is 1.95 bits per heavy atom. The second kappa shape index (κ2) is 9.01. The highest BCUT2D eigenvalue weighted by molar-refractivity contribution is 4.84. The molecule has 0 aromatic heterocycles. The molecule has 0 bridgehead atoms. The summed E-state index contributed by atoms with van der Waals surface area (Å²) in [6, 6.07) is 0.429. The van der Waals surface area contributed by atoms with Gasteiger partial charge in [-0.25, -0.2) is 0 Å². The molecule has 0 aliphatic heterocycles. The van der Waals surface area contributed by atoms with Gasteiger partial charge in [0.15, 0.2) is 0 Å².